The fourth-order valence-electron chi connectivity index (χ4n) is 5.96. The number of nitrogens with one attached hydrogen (secondary N) is 1. The zero-order chi connectivity index (χ0) is 25.7. The van der Waals surface area contributed by atoms with E-state index in [0.717, 1.165) is 63.4 Å². The van der Waals surface area contributed by atoms with Crippen LogP contribution in [-0.4, -0.2) is 49.2 Å². The minimum Gasteiger partial charge on any atom is -0.489 e. The Balaban J connectivity index is 1.05. The number of aromatic nitrogens is 1. The summed E-state index contributed by atoms with van der Waals surface area (Å²) in [5.74, 6) is 0.978. The Kier molecular flexibility index (Phi) is 7.45. The lowest BCUT2D eigenvalue weighted by molar-refractivity contribution is 0.267. The summed E-state index contributed by atoms with van der Waals surface area (Å²) in [4.78, 5) is 10.1. The van der Waals surface area contributed by atoms with Gasteiger partial charge in [0.15, 0.2) is 0 Å². The van der Waals surface area contributed by atoms with Crippen LogP contribution in [-0.2, 0) is 19.4 Å². The van der Waals surface area contributed by atoms with Gasteiger partial charge in [0.25, 0.3) is 0 Å². The van der Waals surface area contributed by atoms with E-state index in [9.17, 15) is 0 Å². The highest BCUT2D eigenvalue weighted by Crippen LogP contribution is 2.33. The molecule has 6 rings (SSSR count). The third-order valence-corrected chi connectivity index (χ3v) is 8.10. The van der Waals surface area contributed by atoms with Crippen LogP contribution in [0.15, 0.2) is 72.8 Å². The van der Waals surface area contributed by atoms with Gasteiger partial charge in [-0.2, -0.15) is 0 Å². The first-order chi connectivity index (χ1) is 18.8. The maximum Gasteiger partial charge on any atom is 0.124 e. The number of anilines is 2. The Morgan fingerprint density at radius 3 is 2.50 bits per heavy atom. The molecule has 196 valence electrons. The molecule has 0 radical (unpaired) electrons. The quantitative estimate of drug-likeness (QED) is 0.307. The predicted molar refractivity (Wildman–Crippen MR) is 157 cm³/mol. The van der Waals surface area contributed by atoms with Gasteiger partial charge in [-0.05, 0) is 61.9 Å². The topological polar surface area (TPSA) is 40.6 Å². The van der Waals surface area contributed by atoms with Gasteiger partial charge in [-0.25, -0.2) is 0 Å². The van der Waals surface area contributed by atoms with Crippen molar-refractivity contribution >= 4 is 22.3 Å². The maximum atomic E-state index is 6.19. The normalized spacial score (nSPS) is 15.9. The summed E-state index contributed by atoms with van der Waals surface area (Å²) in [5, 5.41) is 5.10. The average molecular weight is 507 g/mol. The molecule has 1 fully saturated rings. The Morgan fingerprint density at radius 1 is 0.842 bits per heavy atom. The fourth-order valence-corrected chi connectivity index (χ4v) is 5.96. The molecule has 2 aliphatic rings. The summed E-state index contributed by atoms with van der Waals surface area (Å²) in [6, 6.07) is 25.4. The van der Waals surface area contributed by atoms with Crippen molar-refractivity contribution in [3.05, 3.63) is 95.2 Å². The van der Waals surface area contributed by atoms with Crippen molar-refractivity contribution in [1.29, 1.82) is 0 Å². The first-order valence-electron chi connectivity index (χ1n) is 14.1. The molecule has 0 atom stereocenters. The van der Waals surface area contributed by atoms with Crippen LogP contribution < -0.4 is 15.0 Å². The molecule has 4 aromatic rings. The summed E-state index contributed by atoms with van der Waals surface area (Å²) >= 11 is 0. The molecular formula is C33H38N4O. The van der Waals surface area contributed by atoms with Gasteiger partial charge in [0.1, 0.15) is 12.4 Å². The van der Waals surface area contributed by atoms with E-state index in [1.807, 2.05) is 6.07 Å². The average Bonchev–Trinajstić information content (AvgIpc) is 2.97. The molecule has 2 heterocycles. The van der Waals surface area contributed by atoms with Gasteiger partial charge in [0, 0.05) is 67.3 Å². The number of fused-ring (bicyclic) bond motifs is 2. The zero-order valence-electron chi connectivity index (χ0n) is 22.5. The van der Waals surface area contributed by atoms with E-state index in [4.69, 9.17) is 9.72 Å². The Morgan fingerprint density at radius 2 is 1.63 bits per heavy atom. The molecule has 5 heteroatoms. The smallest absolute Gasteiger partial charge is 0.124 e. The van der Waals surface area contributed by atoms with Crippen molar-refractivity contribution in [3.63, 3.8) is 0 Å². The lowest BCUT2D eigenvalue weighted by Gasteiger charge is -2.37. The van der Waals surface area contributed by atoms with Crippen molar-refractivity contribution in [2.24, 2.45) is 0 Å². The highest BCUT2D eigenvalue weighted by atomic mass is 16.5. The lowest BCUT2D eigenvalue weighted by Crippen LogP contribution is -2.47. The molecule has 0 spiro atoms. The molecule has 3 aromatic carbocycles. The number of ether oxygens (including phenoxy) is 1. The van der Waals surface area contributed by atoms with Crippen LogP contribution in [0, 0.1) is 6.92 Å². The monoisotopic (exact) mass is 506 g/mol. The summed E-state index contributed by atoms with van der Waals surface area (Å²) in [5.41, 5.74) is 8.92. The van der Waals surface area contributed by atoms with E-state index < -0.39 is 0 Å². The van der Waals surface area contributed by atoms with Crippen LogP contribution in [0.4, 0.5) is 11.4 Å². The van der Waals surface area contributed by atoms with Crippen LogP contribution in [0.1, 0.15) is 35.2 Å². The second-order valence-electron chi connectivity index (χ2n) is 10.6. The third kappa shape index (κ3) is 5.34. The lowest BCUT2D eigenvalue weighted by atomic mass is 9.92. The van der Waals surface area contributed by atoms with Crippen LogP contribution in [0.2, 0.25) is 0 Å². The second-order valence-corrected chi connectivity index (χ2v) is 10.6. The van der Waals surface area contributed by atoms with E-state index in [2.05, 4.69) is 88.8 Å². The number of nitrogens with zero attached hydrogens (tertiary/aromatic N) is 3. The number of hydrogen-bond donors (Lipinski definition) is 1. The Bertz CT molecular complexity index is 1380. The third-order valence-electron chi connectivity index (χ3n) is 8.10. The highest BCUT2D eigenvalue weighted by molar-refractivity contribution is 5.93. The number of para-hydroxylation sites is 1. The van der Waals surface area contributed by atoms with Gasteiger partial charge in [-0.15, -0.1) is 0 Å². The molecule has 5 nitrogen and oxygen atoms in total. The summed E-state index contributed by atoms with van der Waals surface area (Å²) in [6.07, 6.45) is 4.77. The van der Waals surface area contributed by atoms with Gasteiger partial charge in [-0.1, -0.05) is 54.6 Å². The first-order valence-corrected chi connectivity index (χ1v) is 14.1. The predicted octanol–water partition coefficient (Wildman–Crippen LogP) is 6.24. The Labute approximate surface area is 226 Å². The number of piperazine rings is 1. The molecule has 0 amide bonds. The van der Waals surface area contributed by atoms with Crippen LogP contribution in [0.3, 0.4) is 0 Å². The summed E-state index contributed by atoms with van der Waals surface area (Å²) in [6.45, 7) is 9.03. The van der Waals surface area contributed by atoms with Crippen molar-refractivity contribution < 1.29 is 4.74 Å². The minimum absolute atomic E-state index is 0.599. The molecule has 1 saturated heterocycles. The van der Waals surface area contributed by atoms with E-state index >= 15 is 0 Å². The Hall–Kier alpha value is -3.57. The van der Waals surface area contributed by atoms with E-state index in [-0.39, 0.29) is 0 Å². The molecule has 1 aliphatic heterocycles. The number of aryl methyl sites for hydroxylation is 1. The van der Waals surface area contributed by atoms with Crippen molar-refractivity contribution in [2.45, 2.75) is 39.2 Å². The molecule has 38 heavy (non-hydrogen) atoms. The zero-order valence-corrected chi connectivity index (χ0v) is 22.5. The molecule has 0 unspecified atom stereocenters. The van der Waals surface area contributed by atoms with Crippen molar-refractivity contribution in [2.75, 3.05) is 49.5 Å². The van der Waals surface area contributed by atoms with Crippen molar-refractivity contribution in [1.82, 2.24) is 9.88 Å². The van der Waals surface area contributed by atoms with E-state index in [0.29, 0.717) is 6.61 Å². The largest absolute Gasteiger partial charge is 0.489 e. The number of pyridine rings is 1. The van der Waals surface area contributed by atoms with Crippen LogP contribution >= 0.6 is 0 Å². The molecule has 1 aromatic heterocycles. The van der Waals surface area contributed by atoms with E-state index in [1.165, 1.54) is 52.0 Å². The molecule has 0 saturated carbocycles. The number of hydrogen-bond acceptors (Lipinski definition) is 5. The summed E-state index contributed by atoms with van der Waals surface area (Å²) in [7, 11) is 0. The maximum absolute atomic E-state index is 6.19. The SMILES string of the molecule is Cc1c(OCc2ccccc2)cccc1N1CCN(CCNc2c3c(nc4ccccc24)CCCC3)CC1. The molecule has 0 bridgehead atoms. The highest BCUT2D eigenvalue weighted by Gasteiger charge is 2.21. The molecule has 1 N–H and O–H groups in total. The minimum atomic E-state index is 0.599. The second kappa shape index (κ2) is 11.4. The molecule has 1 aliphatic carbocycles. The van der Waals surface area contributed by atoms with E-state index in [1.54, 1.807) is 0 Å². The van der Waals surface area contributed by atoms with Crippen molar-refractivity contribution in [3.8, 4) is 5.75 Å². The van der Waals surface area contributed by atoms with Crippen LogP contribution in [0.5, 0.6) is 5.75 Å². The van der Waals surface area contributed by atoms with Gasteiger partial charge in [-0.3, -0.25) is 9.88 Å². The van der Waals surface area contributed by atoms with Gasteiger partial charge in [0.2, 0.25) is 0 Å². The van der Waals surface area contributed by atoms with Gasteiger partial charge in [0.05, 0.1) is 5.52 Å². The van der Waals surface area contributed by atoms with Crippen LogP contribution in [0.25, 0.3) is 10.9 Å². The fraction of sp³-hybridized carbons (Fsp3) is 0.364. The first kappa shape index (κ1) is 24.7. The summed E-state index contributed by atoms with van der Waals surface area (Å²) < 4.78 is 6.19. The molecular weight excluding hydrogens is 468 g/mol. The van der Waals surface area contributed by atoms with Gasteiger partial charge >= 0.3 is 0 Å². The number of rotatable bonds is 8. The number of benzene rings is 3. The standard InChI is InChI=1S/C33H38N4O/c1-25-31(16-9-17-32(25)38-24-26-10-3-2-4-11-26)37-22-20-36(21-23-37)19-18-34-33-27-12-5-7-14-29(27)35-30-15-8-6-13-28(30)33/h2-5,7,9-12,14,16-17H,6,8,13,15,18-24H2,1H3,(H,34,35). The van der Waals surface area contributed by atoms with Gasteiger partial charge < -0.3 is 15.0 Å².